The fraction of sp³-hybridized carbons (Fsp3) is 0.385. The molecule has 0 aliphatic carbocycles. The van der Waals surface area contributed by atoms with Gasteiger partial charge in [0, 0.05) is 6.54 Å². The molecular weight excluding hydrogens is 424 g/mol. The van der Waals surface area contributed by atoms with Gasteiger partial charge in [-0.1, -0.05) is 81.3 Å². The highest BCUT2D eigenvalue weighted by Crippen LogP contribution is 2.25. The van der Waals surface area contributed by atoms with Crippen molar-refractivity contribution in [1.29, 1.82) is 0 Å². The monoisotopic (exact) mass is 454 g/mol. The first-order chi connectivity index (χ1) is 15.3. The predicted octanol–water partition coefficient (Wildman–Crippen LogP) is 6.11. The van der Waals surface area contributed by atoms with Gasteiger partial charge in [0.1, 0.15) is 5.15 Å². The van der Waals surface area contributed by atoms with Crippen molar-refractivity contribution in [2.24, 2.45) is 5.92 Å². The van der Waals surface area contributed by atoms with Crippen LogP contribution in [0.3, 0.4) is 0 Å². The van der Waals surface area contributed by atoms with Crippen LogP contribution in [-0.4, -0.2) is 20.2 Å². The van der Waals surface area contributed by atoms with Crippen LogP contribution in [0.5, 0.6) is 0 Å². The molecule has 0 radical (unpaired) electrons. The molecule has 0 aliphatic heterocycles. The van der Waals surface area contributed by atoms with E-state index in [0.29, 0.717) is 29.7 Å². The van der Waals surface area contributed by atoms with E-state index in [2.05, 4.69) is 20.8 Å². The Morgan fingerprint density at radius 3 is 2.38 bits per heavy atom. The van der Waals surface area contributed by atoms with Gasteiger partial charge in [0.2, 0.25) is 0 Å². The van der Waals surface area contributed by atoms with Crippen molar-refractivity contribution < 1.29 is 9.90 Å². The molecule has 0 bridgehead atoms. The van der Waals surface area contributed by atoms with Crippen molar-refractivity contribution >= 4 is 17.6 Å². The average Bonchev–Trinajstić information content (AvgIpc) is 3.00. The summed E-state index contributed by atoms with van der Waals surface area (Å²) in [6, 6.07) is 14.7. The van der Waals surface area contributed by atoms with Gasteiger partial charge in [0.15, 0.2) is 0 Å². The molecule has 3 aromatic rings. The van der Waals surface area contributed by atoms with Crippen LogP contribution in [0, 0.1) is 5.92 Å². The standard InChI is InChI=1S/C26H31ClN2O3/c1-4-5-10-23-24(27)28(16-15-18(2)3)26(32)29(23)17-19-11-13-20(14-12-19)21-8-6-7-9-22(21)25(30)31/h6-9,11-14,18H,4-5,10,15-17H2,1-3H3,(H,30,31). The Hall–Kier alpha value is -2.79. The number of hydrogen-bond donors (Lipinski definition) is 1. The zero-order valence-corrected chi connectivity index (χ0v) is 19.7. The molecule has 0 fully saturated rings. The van der Waals surface area contributed by atoms with Gasteiger partial charge in [-0.2, -0.15) is 0 Å². The normalized spacial score (nSPS) is 11.3. The maximum atomic E-state index is 13.2. The van der Waals surface area contributed by atoms with Gasteiger partial charge in [-0.3, -0.25) is 9.13 Å². The Morgan fingerprint density at radius 1 is 1.06 bits per heavy atom. The van der Waals surface area contributed by atoms with Crippen molar-refractivity contribution in [2.75, 3.05) is 0 Å². The molecule has 170 valence electrons. The van der Waals surface area contributed by atoms with Crippen LogP contribution < -0.4 is 5.69 Å². The second-order valence-corrected chi connectivity index (χ2v) is 8.95. The number of halogens is 1. The molecule has 1 aromatic heterocycles. The molecular formula is C26H31ClN2O3. The van der Waals surface area contributed by atoms with E-state index in [1.54, 1.807) is 27.3 Å². The lowest BCUT2D eigenvalue weighted by molar-refractivity contribution is 0.0697. The molecule has 0 aliphatic rings. The van der Waals surface area contributed by atoms with Crippen molar-refractivity contribution in [1.82, 2.24) is 9.13 Å². The van der Waals surface area contributed by atoms with Gasteiger partial charge < -0.3 is 5.11 Å². The summed E-state index contributed by atoms with van der Waals surface area (Å²) in [5.41, 5.74) is 3.57. The minimum Gasteiger partial charge on any atom is -0.478 e. The van der Waals surface area contributed by atoms with Crippen LogP contribution in [0.2, 0.25) is 5.15 Å². The van der Waals surface area contributed by atoms with Crippen LogP contribution >= 0.6 is 11.6 Å². The van der Waals surface area contributed by atoms with Crippen LogP contribution in [0.1, 0.15) is 61.6 Å². The third-order valence-corrected chi connectivity index (χ3v) is 6.15. The lowest BCUT2D eigenvalue weighted by Gasteiger charge is -2.10. The summed E-state index contributed by atoms with van der Waals surface area (Å²) in [6.45, 7) is 7.45. The highest BCUT2D eigenvalue weighted by atomic mass is 35.5. The van der Waals surface area contributed by atoms with E-state index in [0.717, 1.165) is 42.5 Å². The number of carboxylic acid groups (broad SMARTS) is 1. The number of unbranched alkanes of at least 4 members (excludes halogenated alkanes) is 1. The fourth-order valence-corrected chi connectivity index (χ4v) is 4.19. The Bertz CT molecular complexity index is 1130. The van der Waals surface area contributed by atoms with Crippen molar-refractivity contribution in [2.45, 2.75) is 59.5 Å². The molecule has 32 heavy (non-hydrogen) atoms. The van der Waals surface area contributed by atoms with Gasteiger partial charge in [0.25, 0.3) is 0 Å². The minimum absolute atomic E-state index is 0.0675. The minimum atomic E-state index is -0.950. The first-order valence-corrected chi connectivity index (χ1v) is 11.6. The summed E-state index contributed by atoms with van der Waals surface area (Å²) in [4.78, 5) is 24.7. The Morgan fingerprint density at radius 2 is 1.75 bits per heavy atom. The van der Waals surface area contributed by atoms with E-state index in [-0.39, 0.29) is 11.3 Å². The fourth-order valence-electron chi connectivity index (χ4n) is 3.83. The number of nitrogens with zero attached hydrogens (tertiary/aromatic N) is 2. The van der Waals surface area contributed by atoms with Gasteiger partial charge in [-0.25, -0.2) is 9.59 Å². The molecule has 0 atom stereocenters. The second kappa shape index (κ2) is 10.7. The third kappa shape index (κ3) is 5.33. The van der Waals surface area contributed by atoms with Crippen molar-refractivity contribution in [3.63, 3.8) is 0 Å². The van der Waals surface area contributed by atoms with E-state index in [9.17, 15) is 14.7 Å². The number of hydrogen-bond acceptors (Lipinski definition) is 2. The van der Waals surface area contributed by atoms with Crippen LogP contribution in [0.4, 0.5) is 0 Å². The summed E-state index contributed by atoms with van der Waals surface area (Å²) >= 11 is 6.66. The number of imidazole rings is 1. The molecule has 1 N–H and O–H groups in total. The van der Waals surface area contributed by atoms with E-state index in [4.69, 9.17) is 11.6 Å². The Labute approximate surface area is 194 Å². The molecule has 0 unspecified atom stereocenters. The van der Waals surface area contributed by atoms with Crippen LogP contribution in [-0.2, 0) is 19.5 Å². The molecule has 5 nitrogen and oxygen atoms in total. The first kappa shape index (κ1) is 23.9. The average molecular weight is 455 g/mol. The second-order valence-electron chi connectivity index (χ2n) is 8.59. The Kier molecular flexibility index (Phi) is 7.97. The SMILES string of the molecule is CCCCc1c(Cl)n(CCC(C)C)c(=O)n1Cc1ccc(-c2ccccc2C(=O)O)cc1. The predicted molar refractivity (Wildman–Crippen MR) is 130 cm³/mol. The quantitative estimate of drug-likeness (QED) is 0.402. The van der Waals surface area contributed by atoms with E-state index in [1.165, 1.54) is 0 Å². The summed E-state index contributed by atoms with van der Waals surface area (Å²) in [6.07, 6.45) is 3.66. The summed E-state index contributed by atoms with van der Waals surface area (Å²) in [5, 5.41) is 10.0. The molecule has 3 rings (SSSR count). The lowest BCUT2D eigenvalue weighted by Crippen LogP contribution is -2.26. The van der Waals surface area contributed by atoms with E-state index < -0.39 is 5.97 Å². The smallest absolute Gasteiger partial charge is 0.336 e. The zero-order chi connectivity index (χ0) is 23.3. The van der Waals surface area contributed by atoms with Crippen LogP contribution in [0.15, 0.2) is 53.3 Å². The van der Waals surface area contributed by atoms with Gasteiger partial charge in [-0.15, -0.1) is 0 Å². The first-order valence-electron chi connectivity index (χ1n) is 11.2. The molecule has 0 spiro atoms. The number of rotatable bonds is 10. The molecule has 6 heteroatoms. The topological polar surface area (TPSA) is 64.2 Å². The number of aromatic nitrogens is 2. The maximum Gasteiger partial charge on any atom is 0.336 e. The van der Waals surface area contributed by atoms with Crippen LogP contribution in [0.25, 0.3) is 11.1 Å². The van der Waals surface area contributed by atoms with Crippen molar-refractivity contribution in [3.05, 3.63) is 81.0 Å². The van der Waals surface area contributed by atoms with E-state index in [1.807, 2.05) is 30.3 Å². The molecule has 1 heterocycles. The molecule has 0 saturated carbocycles. The van der Waals surface area contributed by atoms with Gasteiger partial charge >= 0.3 is 11.7 Å². The number of carboxylic acids is 1. The van der Waals surface area contributed by atoms with E-state index >= 15 is 0 Å². The largest absolute Gasteiger partial charge is 0.478 e. The number of benzene rings is 2. The third-order valence-electron chi connectivity index (χ3n) is 5.72. The summed E-state index contributed by atoms with van der Waals surface area (Å²) in [7, 11) is 0. The number of carbonyl (C=O) groups is 1. The molecule has 2 aromatic carbocycles. The van der Waals surface area contributed by atoms with Crippen molar-refractivity contribution in [3.8, 4) is 11.1 Å². The lowest BCUT2D eigenvalue weighted by atomic mass is 9.99. The molecule has 0 amide bonds. The Balaban J connectivity index is 1.92. The van der Waals surface area contributed by atoms with Gasteiger partial charge in [-0.05, 0) is 47.9 Å². The van der Waals surface area contributed by atoms with Gasteiger partial charge in [0.05, 0.1) is 17.8 Å². The summed E-state index contributed by atoms with van der Waals surface area (Å²) in [5.74, 6) is -0.462. The summed E-state index contributed by atoms with van der Waals surface area (Å²) < 4.78 is 3.49. The zero-order valence-electron chi connectivity index (χ0n) is 19.0. The highest BCUT2D eigenvalue weighted by Gasteiger charge is 2.19. The highest BCUT2D eigenvalue weighted by molar-refractivity contribution is 6.30. The maximum absolute atomic E-state index is 13.2. The number of aromatic carboxylic acids is 1. The molecule has 0 saturated heterocycles.